The number of fused-ring (bicyclic) bond motifs is 9. The van der Waals surface area contributed by atoms with E-state index in [1.54, 1.807) is 63.2 Å². The maximum Gasteiger partial charge on any atom is 0.434 e. The molecule has 2 fully saturated rings. The quantitative estimate of drug-likeness (QED) is 0.400. The van der Waals surface area contributed by atoms with Gasteiger partial charge in [0.25, 0.3) is 0 Å². The molecule has 5 aliphatic rings. The van der Waals surface area contributed by atoms with Gasteiger partial charge in [-0.15, -0.1) is 0 Å². The summed E-state index contributed by atoms with van der Waals surface area (Å²) in [7, 11) is 0. The van der Waals surface area contributed by atoms with Crippen LogP contribution in [-0.4, -0.2) is 49.9 Å². The van der Waals surface area contributed by atoms with Crippen LogP contribution in [0.25, 0.3) is 11.4 Å². The molecule has 39 heavy (non-hydrogen) atoms. The van der Waals surface area contributed by atoms with Crippen molar-refractivity contribution in [3.8, 4) is 11.4 Å². The number of nitrogens with zero attached hydrogens (tertiary/aromatic N) is 5. The Balaban J connectivity index is 1.46. The van der Waals surface area contributed by atoms with Gasteiger partial charge in [0.1, 0.15) is 11.3 Å². The monoisotopic (exact) mass is 529 g/mol. The second-order valence-electron chi connectivity index (χ2n) is 11.3. The number of hydrogen-bond donors (Lipinski definition) is 1. The molecule has 202 valence electrons. The van der Waals surface area contributed by atoms with E-state index in [1.807, 2.05) is 6.07 Å². The topological polar surface area (TPSA) is 117 Å². The molecule has 2 saturated heterocycles. The van der Waals surface area contributed by atoms with Gasteiger partial charge in [-0.2, -0.15) is 9.72 Å². The predicted octanol–water partition coefficient (Wildman–Crippen LogP) is 4.08. The average molecular weight is 530 g/mol. The van der Waals surface area contributed by atoms with Crippen LogP contribution >= 0.6 is 0 Å². The molecular weight excluding hydrogens is 498 g/mol. The Morgan fingerprint density at radius 1 is 1.05 bits per heavy atom. The minimum absolute atomic E-state index is 0.228. The molecule has 4 atom stereocenters. The summed E-state index contributed by atoms with van der Waals surface area (Å²) in [5.74, 6) is -1.68. The Hall–Kier alpha value is -4.05. The van der Waals surface area contributed by atoms with Gasteiger partial charge in [-0.25, -0.2) is 14.7 Å². The van der Waals surface area contributed by atoms with Gasteiger partial charge in [-0.1, -0.05) is 31.5 Å². The predicted molar refractivity (Wildman–Crippen MR) is 141 cm³/mol. The molecule has 1 aliphatic carbocycles. The Morgan fingerprint density at radius 2 is 1.74 bits per heavy atom. The lowest BCUT2D eigenvalue weighted by Crippen LogP contribution is -2.36. The van der Waals surface area contributed by atoms with Crippen molar-refractivity contribution in [1.82, 2.24) is 14.6 Å². The third-order valence-corrected chi connectivity index (χ3v) is 7.67. The van der Waals surface area contributed by atoms with Crippen LogP contribution in [0.1, 0.15) is 64.0 Å². The number of amides is 3. The lowest BCUT2D eigenvalue weighted by molar-refractivity contribution is -0.124. The van der Waals surface area contributed by atoms with Crippen LogP contribution in [0.4, 0.5) is 10.5 Å². The van der Waals surface area contributed by atoms with E-state index in [4.69, 9.17) is 9.72 Å². The number of unbranched alkanes of at least 4 members (excludes halogenated alkanes) is 1. The average Bonchev–Trinajstić information content (AvgIpc) is 3.46. The maximum absolute atomic E-state index is 13.8. The summed E-state index contributed by atoms with van der Waals surface area (Å²) < 4.78 is 6.36. The molecule has 0 aromatic heterocycles. The highest BCUT2D eigenvalue weighted by Crippen LogP contribution is 2.62. The van der Waals surface area contributed by atoms with Gasteiger partial charge < -0.3 is 9.94 Å². The Kier molecular flexibility index (Phi) is 5.83. The zero-order chi connectivity index (χ0) is 27.6. The van der Waals surface area contributed by atoms with Crippen molar-refractivity contribution in [3.05, 3.63) is 65.3 Å². The number of carbonyl (C=O) groups excluding carboxylic acids is 3. The van der Waals surface area contributed by atoms with Crippen LogP contribution in [0.3, 0.4) is 0 Å². The Labute approximate surface area is 225 Å². The SMILES string of the molecule is CCCCN1[C@@H]2c3c(nc4cc/c(=N\C(=O)OC(C)(C)C)cc-4n3O)[C@H]1[C@@H]1C(=O)N(c3ccccc3)C(=O)[C@@H]12. The van der Waals surface area contributed by atoms with Gasteiger partial charge in [-0.3, -0.25) is 14.5 Å². The molecule has 0 saturated carbocycles. The molecule has 4 heterocycles. The summed E-state index contributed by atoms with van der Waals surface area (Å²) in [4.78, 5) is 52.2. The molecule has 4 aliphatic heterocycles. The van der Waals surface area contributed by atoms with E-state index in [0.717, 1.165) is 17.6 Å². The first-order chi connectivity index (χ1) is 18.6. The lowest BCUT2D eigenvalue weighted by Gasteiger charge is -2.26. The van der Waals surface area contributed by atoms with Crippen LogP contribution in [0.2, 0.25) is 0 Å². The van der Waals surface area contributed by atoms with Gasteiger partial charge in [0.15, 0.2) is 0 Å². The molecule has 0 radical (unpaired) electrons. The molecule has 10 heteroatoms. The summed E-state index contributed by atoms with van der Waals surface area (Å²) in [6, 6.07) is 12.9. The zero-order valence-electron chi connectivity index (χ0n) is 22.4. The summed E-state index contributed by atoms with van der Waals surface area (Å²) in [6.45, 7) is 8.05. The molecule has 3 amide bonds. The van der Waals surface area contributed by atoms with Crippen molar-refractivity contribution in [1.29, 1.82) is 0 Å². The Bertz CT molecular complexity index is 1530. The second kappa shape index (κ2) is 9.01. The van der Waals surface area contributed by atoms with Crippen LogP contribution in [0, 0.1) is 11.8 Å². The number of aromatic nitrogens is 2. The lowest BCUT2D eigenvalue weighted by atomic mass is 9.81. The van der Waals surface area contributed by atoms with Crippen LogP contribution < -0.4 is 10.3 Å². The van der Waals surface area contributed by atoms with E-state index in [9.17, 15) is 19.6 Å². The van der Waals surface area contributed by atoms with Crippen LogP contribution in [-0.2, 0) is 14.3 Å². The number of hydrogen-bond acceptors (Lipinski definition) is 7. The van der Waals surface area contributed by atoms with Crippen molar-refractivity contribution in [3.63, 3.8) is 0 Å². The Morgan fingerprint density at radius 3 is 2.41 bits per heavy atom. The van der Waals surface area contributed by atoms with E-state index in [0.29, 0.717) is 40.4 Å². The fourth-order valence-corrected chi connectivity index (χ4v) is 6.22. The number of imide groups is 1. The first-order valence-corrected chi connectivity index (χ1v) is 13.3. The number of anilines is 1. The highest BCUT2D eigenvalue weighted by atomic mass is 16.6. The van der Waals surface area contributed by atoms with E-state index >= 15 is 0 Å². The molecule has 10 nitrogen and oxygen atoms in total. The van der Waals surface area contributed by atoms with Crippen LogP contribution in [0.5, 0.6) is 0 Å². The van der Waals surface area contributed by atoms with Crippen molar-refractivity contribution in [2.45, 2.75) is 58.2 Å². The van der Waals surface area contributed by atoms with Crippen molar-refractivity contribution < 1.29 is 24.3 Å². The molecule has 1 N–H and O–H groups in total. The van der Waals surface area contributed by atoms with Gasteiger partial charge in [0, 0.05) is 0 Å². The highest BCUT2D eigenvalue weighted by Gasteiger charge is 2.68. The van der Waals surface area contributed by atoms with E-state index in [-0.39, 0.29) is 11.8 Å². The third kappa shape index (κ3) is 3.93. The number of benzene rings is 2. The molecular formula is C29H31N5O5. The first-order valence-electron chi connectivity index (χ1n) is 13.3. The molecule has 0 unspecified atom stereocenters. The highest BCUT2D eigenvalue weighted by molar-refractivity contribution is 6.23. The summed E-state index contributed by atoms with van der Waals surface area (Å²) in [5.41, 5.74) is 1.84. The van der Waals surface area contributed by atoms with E-state index in [2.05, 4.69) is 16.8 Å². The van der Waals surface area contributed by atoms with Gasteiger partial charge in [0.2, 0.25) is 11.8 Å². The fraction of sp³-hybridized carbons (Fsp3) is 0.414. The molecule has 0 spiro atoms. The maximum atomic E-state index is 13.8. The third-order valence-electron chi connectivity index (χ3n) is 7.67. The summed E-state index contributed by atoms with van der Waals surface area (Å²) in [5, 5.41) is 11.8. The molecule has 2 bridgehead atoms. The largest absolute Gasteiger partial charge is 0.442 e. The summed E-state index contributed by atoms with van der Waals surface area (Å²) in [6.07, 6.45) is 1.10. The molecule has 6 rings (SSSR count). The standard InChI is InChI=1S/C29H31N5O5/c1-5-6-14-32-23-20-21(27(36)33(26(20)35)17-10-8-7-9-11-17)24(32)25-22(23)31-18-13-12-16(15-19(18)34(25)38)30-28(37)39-29(2,3)4/h7-13,15,20-21,23-24,38H,5-6,14H2,1-4H3/b30-16+/t20-,21+,23-,24+/m1/s1. The van der Waals surface area contributed by atoms with Crippen LogP contribution in [0.15, 0.2) is 53.5 Å². The van der Waals surface area contributed by atoms with Gasteiger partial charge >= 0.3 is 6.09 Å². The molecule has 1 aromatic carbocycles. The smallest absolute Gasteiger partial charge is 0.434 e. The minimum Gasteiger partial charge on any atom is -0.442 e. The van der Waals surface area contributed by atoms with Gasteiger partial charge in [0.05, 0.1) is 52.0 Å². The second-order valence-corrected chi connectivity index (χ2v) is 11.3. The van der Waals surface area contributed by atoms with E-state index in [1.165, 1.54) is 4.90 Å². The fourth-order valence-electron chi connectivity index (χ4n) is 6.22. The van der Waals surface area contributed by atoms with Crippen molar-refractivity contribution in [2.24, 2.45) is 16.8 Å². The normalized spacial score (nSPS) is 24.5. The van der Waals surface area contributed by atoms with Crippen molar-refractivity contribution in [2.75, 3.05) is 11.4 Å². The minimum atomic E-state index is -0.732. The zero-order valence-corrected chi connectivity index (χ0v) is 22.4. The number of para-hydroxylation sites is 1. The summed E-state index contributed by atoms with van der Waals surface area (Å²) >= 11 is 0. The molecule has 1 aromatic rings. The number of ether oxygens (including phenoxy) is 1. The number of rotatable bonds is 4. The first kappa shape index (κ1) is 25.2. The van der Waals surface area contributed by atoms with Crippen molar-refractivity contribution >= 4 is 23.6 Å². The van der Waals surface area contributed by atoms with Gasteiger partial charge in [-0.05, 0) is 64.1 Å². The number of carbonyl (C=O) groups is 3. The van der Waals surface area contributed by atoms with E-state index < -0.39 is 35.6 Å².